The van der Waals surface area contributed by atoms with Crippen molar-refractivity contribution >= 4 is 0 Å². The monoisotopic (exact) mass is 216 g/mol. The number of nitrogens with zero attached hydrogens (tertiary/aromatic N) is 2. The normalized spacial score (nSPS) is 10.1. The topological polar surface area (TPSA) is 49.1 Å². The van der Waals surface area contributed by atoms with Gasteiger partial charge in [-0.25, -0.2) is 4.73 Å². The lowest BCUT2D eigenvalue weighted by Gasteiger charge is -2.08. The van der Waals surface area contributed by atoms with Crippen molar-refractivity contribution < 1.29 is 9.47 Å². The molecule has 2 rings (SSSR count). The second-order valence-electron chi connectivity index (χ2n) is 3.44. The first kappa shape index (κ1) is 10.4. The van der Waals surface area contributed by atoms with Crippen molar-refractivity contribution in [2.75, 3.05) is 7.11 Å². The molecular formula is C12H12N2O2. The Bertz CT molecular complexity index is 512. The molecular weight excluding hydrogens is 204 g/mol. The molecule has 4 heteroatoms. The van der Waals surface area contributed by atoms with Crippen molar-refractivity contribution in [2.24, 2.45) is 0 Å². The molecule has 0 saturated heterocycles. The van der Waals surface area contributed by atoms with Gasteiger partial charge in [-0.2, -0.15) is 0 Å². The van der Waals surface area contributed by atoms with Gasteiger partial charge in [0.1, 0.15) is 17.6 Å². The molecule has 1 heterocycles. The Kier molecular flexibility index (Phi) is 2.72. The van der Waals surface area contributed by atoms with Crippen LogP contribution < -0.4 is 9.47 Å². The van der Waals surface area contributed by atoms with Crippen LogP contribution in [-0.4, -0.2) is 12.1 Å². The zero-order valence-electron chi connectivity index (χ0n) is 9.18. The summed E-state index contributed by atoms with van der Waals surface area (Å²) >= 11 is 0. The highest BCUT2D eigenvalue weighted by Crippen LogP contribution is 2.19. The van der Waals surface area contributed by atoms with Crippen molar-refractivity contribution in [2.45, 2.75) is 6.92 Å². The van der Waals surface area contributed by atoms with Crippen molar-refractivity contribution in [3.05, 3.63) is 47.4 Å². The molecule has 0 amide bonds. The molecule has 4 nitrogen and oxygen atoms in total. The lowest BCUT2D eigenvalue weighted by Crippen LogP contribution is -2.33. The lowest BCUT2D eigenvalue weighted by molar-refractivity contribution is -0.603. The minimum Gasteiger partial charge on any atom is -0.710 e. The molecule has 0 bridgehead atoms. The van der Waals surface area contributed by atoms with Crippen LogP contribution in [0.5, 0.6) is 5.75 Å². The zero-order chi connectivity index (χ0) is 11.5. The molecule has 0 unspecified atom stereocenters. The van der Waals surface area contributed by atoms with Crippen LogP contribution in [0.2, 0.25) is 0 Å². The molecule has 0 fully saturated rings. The molecule has 0 atom stereocenters. The predicted octanol–water partition coefficient (Wildman–Crippen LogP) is 1.70. The summed E-state index contributed by atoms with van der Waals surface area (Å²) in [6.45, 7) is 1.75. The van der Waals surface area contributed by atoms with Gasteiger partial charge in [-0.3, -0.25) is 0 Å². The summed E-state index contributed by atoms with van der Waals surface area (Å²) in [5.41, 5.74) is 1.37. The molecule has 16 heavy (non-hydrogen) atoms. The number of aryl methyl sites for hydroxylation is 1. The van der Waals surface area contributed by atoms with Crippen LogP contribution >= 0.6 is 0 Å². The van der Waals surface area contributed by atoms with E-state index in [1.165, 1.54) is 0 Å². The Morgan fingerprint density at radius 1 is 1.31 bits per heavy atom. The first-order valence-corrected chi connectivity index (χ1v) is 4.92. The Hall–Kier alpha value is -2.10. The van der Waals surface area contributed by atoms with Gasteiger partial charge in [-0.1, -0.05) is 6.07 Å². The molecule has 0 aliphatic carbocycles. The van der Waals surface area contributed by atoms with Crippen LogP contribution in [0.1, 0.15) is 5.69 Å². The van der Waals surface area contributed by atoms with Gasteiger partial charge in [0.25, 0.3) is 0 Å². The van der Waals surface area contributed by atoms with Gasteiger partial charge in [-0.05, 0) is 30.1 Å². The van der Waals surface area contributed by atoms with Crippen molar-refractivity contribution in [3.8, 4) is 17.1 Å². The first-order valence-electron chi connectivity index (χ1n) is 4.92. The summed E-state index contributed by atoms with van der Waals surface area (Å²) in [5.74, 6) is 1.10. The number of methoxy groups -OCH3 is 1. The van der Waals surface area contributed by atoms with E-state index >= 15 is 0 Å². The first-order chi connectivity index (χ1) is 7.72. The largest absolute Gasteiger partial charge is 0.710 e. The quantitative estimate of drug-likeness (QED) is 0.567. The van der Waals surface area contributed by atoms with E-state index in [4.69, 9.17) is 4.74 Å². The highest BCUT2D eigenvalue weighted by molar-refractivity contribution is 5.54. The van der Waals surface area contributed by atoms with Crippen molar-refractivity contribution in [1.82, 2.24) is 4.98 Å². The fraction of sp³-hybridized carbons (Fsp3) is 0.167. The van der Waals surface area contributed by atoms with Gasteiger partial charge in [0.05, 0.1) is 12.7 Å². The van der Waals surface area contributed by atoms with Crippen molar-refractivity contribution in [1.29, 1.82) is 0 Å². The van der Waals surface area contributed by atoms with Crippen LogP contribution in [0.25, 0.3) is 11.4 Å². The number of ether oxygens (including phenoxy) is 1. The third-order valence-electron chi connectivity index (χ3n) is 2.35. The van der Waals surface area contributed by atoms with E-state index in [2.05, 4.69) is 4.98 Å². The van der Waals surface area contributed by atoms with Crippen molar-refractivity contribution in [3.63, 3.8) is 0 Å². The van der Waals surface area contributed by atoms with E-state index in [0.717, 1.165) is 10.3 Å². The van der Waals surface area contributed by atoms with Crippen LogP contribution in [0.3, 0.4) is 0 Å². The minimum atomic E-state index is 0.388. The Balaban J connectivity index is 2.54. The maximum absolute atomic E-state index is 11.8. The van der Waals surface area contributed by atoms with Gasteiger partial charge in [0, 0.05) is 6.07 Å². The standard InChI is InChI=1S/C12H12N2O2/c1-9-6-7-13-12(14(9)15)10-4-3-5-11(8-10)16-2/h3-8H,1-2H3. The summed E-state index contributed by atoms with van der Waals surface area (Å²) in [6.07, 6.45) is 1.62. The molecule has 82 valence electrons. The summed E-state index contributed by atoms with van der Waals surface area (Å²) in [4.78, 5) is 4.08. The highest BCUT2D eigenvalue weighted by Gasteiger charge is 2.12. The number of aromatic nitrogens is 2. The highest BCUT2D eigenvalue weighted by atomic mass is 16.5. The second kappa shape index (κ2) is 4.18. The van der Waals surface area contributed by atoms with Gasteiger partial charge < -0.3 is 9.94 Å². The van der Waals surface area contributed by atoms with E-state index in [0.29, 0.717) is 17.3 Å². The van der Waals surface area contributed by atoms with E-state index in [1.807, 2.05) is 18.2 Å². The third kappa shape index (κ3) is 1.82. The van der Waals surface area contributed by atoms with Crippen LogP contribution in [0.4, 0.5) is 0 Å². The predicted molar refractivity (Wildman–Crippen MR) is 59.9 cm³/mol. The maximum Gasteiger partial charge on any atom is 0.333 e. The lowest BCUT2D eigenvalue weighted by atomic mass is 10.2. The van der Waals surface area contributed by atoms with E-state index in [1.54, 1.807) is 32.4 Å². The van der Waals surface area contributed by atoms with Gasteiger partial charge in [-0.15, -0.1) is 0 Å². The number of benzene rings is 1. The summed E-state index contributed by atoms with van der Waals surface area (Å²) in [6, 6.07) is 8.96. The SMILES string of the molecule is COc1cccc(-c2nccc(C)[n+]2[O-])c1. The zero-order valence-corrected chi connectivity index (χ0v) is 9.18. The molecule has 1 aromatic heterocycles. The molecule has 0 N–H and O–H groups in total. The van der Waals surface area contributed by atoms with E-state index in [-0.39, 0.29) is 0 Å². The second-order valence-corrected chi connectivity index (χ2v) is 3.44. The van der Waals surface area contributed by atoms with Gasteiger partial charge in [0.2, 0.25) is 0 Å². The Morgan fingerprint density at radius 3 is 2.88 bits per heavy atom. The van der Waals surface area contributed by atoms with Crippen LogP contribution in [-0.2, 0) is 0 Å². The minimum absolute atomic E-state index is 0.388. The molecule has 1 aromatic carbocycles. The smallest absolute Gasteiger partial charge is 0.333 e. The molecule has 0 aliphatic heterocycles. The van der Waals surface area contributed by atoms with E-state index in [9.17, 15) is 5.21 Å². The maximum atomic E-state index is 11.8. The van der Waals surface area contributed by atoms with Gasteiger partial charge in [0.15, 0.2) is 0 Å². The number of hydrogen-bond acceptors (Lipinski definition) is 3. The molecule has 0 aliphatic rings. The molecule has 0 saturated carbocycles. The number of rotatable bonds is 2. The summed E-state index contributed by atoms with van der Waals surface area (Å²) in [5, 5.41) is 11.8. The fourth-order valence-electron chi connectivity index (χ4n) is 1.46. The van der Waals surface area contributed by atoms with E-state index < -0.39 is 0 Å². The summed E-state index contributed by atoms with van der Waals surface area (Å²) in [7, 11) is 1.59. The molecule has 0 spiro atoms. The fourth-order valence-corrected chi connectivity index (χ4v) is 1.46. The molecule has 0 radical (unpaired) electrons. The number of hydrogen-bond donors (Lipinski definition) is 0. The summed E-state index contributed by atoms with van der Waals surface area (Å²) < 4.78 is 5.92. The third-order valence-corrected chi connectivity index (χ3v) is 2.35. The van der Waals surface area contributed by atoms with Crippen LogP contribution in [0, 0.1) is 12.1 Å². The Labute approximate surface area is 93.7 Å². The van der Waals surface area contributed by atoms with Crippen LogP contribution in [0.15, 0.2) is 36.5 Å². The average Bonchev–Trinajstić information content (AvgIpc) is 2.33. The van der Waals surface area contributed by atoms with Gasteiger partial charge >= 0.3 is 5.82 Å². The Morgan fingerprint density at radius 2 is 2.12 bits per heavy atom. The average molecular weight is 216 g/mol. The molecule has 2 aromatic rings.